The highest BCUT2D eigenvalue weighted by Crippen LogP contribution is 2.40. The van der Waals surface area contributed by atoms with Crippen LogP contribution in [-0.4, -0.2) is 66.0 Å². The second-order valence-corrected chi connectivity index (χ2v) is 10.9. The van der Waals surface area contributed by atoms with Crippen molar-refractivity contribution in [3.05, 3.63) is 69.5 Å². The number of carbonyl (C=O) groups is 3. The van der Waals surface area contributed by atoms with Gasteiger partial charge in [-0.1, -0.05) is 34.8 Å². The summed E-state index contributed by atoms with van der Waals surface area (Å²) in [5.74, 6) is 0.0953. The molecule has 2 aromatic carbocycles. The molecule has 2 aliphatic rings. The van der Waals surface area contributed by atoms with Crippen LogP contribution in [0.15, 0.2) is 52.7 Å². The monoisotopic (exact) mass is 694 g/mol. The van der Waals surface area contributed by atoms with Crippen LogP contribution >= 0.6 is 11.6 Å². The molecule has 0 spiro atoms. The van der Waals surface area contributed by atoms with E-state index >= 15 is 0 Å². The molecule has 1 aromatic heterocycles. The second-order valence-electron chi connectivity index (χ2n) is 10.5. The van der Waals surface area contributed by atoms with Crippen molar-refractivity contribution in [2.75, 3.05) is 26.2 Å². The van der Waals surface area contributed by atoms with E-state index < -0.39 is 29.7 Å². The predicted octanol–water partition coefficient (Wildman–Crippen LogP) is 5.98. The highest BCUT2D eigenvalue weighted by molar-refractivity contribution is 6.34. The third kappa shape index (κ3) is 8.07. The Morgan fingerprint density at radius 2 is 1.65 bits per heavy atom. The first-order valence-corrected chi connectivity index (χ1v) is 15.1. The molecule has 5 rings (SSSR count). The van der Waals surface area contributed by atoms with Crippen molar-refractivity contribution < 1.29 is 47.7 Å². The van der Waals surface area contributed by atoms with Crippen LogP contribution < -0.4 is 23.8 Å². The molecular weight excluding hydrogens is 663 g/mol. The Balaban J connectivity index is 0.000000221. The molecule has 0 saturated heterocycles. The quantitative estimate of drug-likeness (QED) is 0.115. The number of carboxylic acid groups (broad SMARTS) is 1. The highest BCUT2D eigenvalue weighted by atomic mass is 35.5. The number of anilines is 1. The fraction of sp³-hybridized carbons (Fsp3) is 0.294. The first kappa shape index (κ1) is 36.2. The molecule has 1 aliphatic carbocycles. The number of ether oxygens (including phenoxy) is 4. The number of terminal acetylenes is 1. The molecule has 0 fully saturated rings. The lowest BCUT2D eigenvalue weighted by molar-refractivity contribution is -0.120. The summed E-state index contributed by atoms with van der Waals surface area (Å²) in [5.41, 5.74) is 1.45. The van der Waals surface area contributed by atoms with Gasteiger partial charge in [0, 0.05) is 22.8 Å². The molecule has 0 saturated carbocycles. The van der Waals surface area contributed by atoms with Crippen molar-refractivity contribution in [1.82, 2.24) is 9.97 Å². The lowest BCUT2D eigenvalue weighted by Gasteiger charge is -2.19. The predicted molar refractivity (Wildman–Crippen MR) is 176 cm³/mol. The van der Waals surface area contributed by atoms with Crippen molar-refractivity contribution in [3.8, 4) is 41.6 Å². The van der Waals surface area contributed by atoms with Crippen molar-refractivity contribution in [2.24, 2.45) is 5.16 Å². The van der Waals surface area contributed by atoms with Gasteiger partial charge in [-0.05, 0) is 51.7 Å². The average Bonchev–Trinajstić information content (AvgIpc) is 3.34. The number of nitrogens with zero attached hydrogens (tertiary/aromatic N) is 4. The van der Waals surface area contributed by atoms with Crippen molar-refractivity contribution in [1.29, 1.82) is 0 Å². The summed E-state index contributed by atoms with van der Waals surface area (Å²) in [6.07, 6.45) is 7.47. The Bertz CT molecular complexity index is 1840. The zero-order valence-electron chi connectivity index (χ0n) is 27.2. The number of carboxylic acids is 1. The van der Waals surface area contributed by atoms with E-state index in [0.717, 1.165) is 23.8 Å². The number of carbonyl (C=O) groups excluding carboxylic acids is 2. The minimum atomic E-state index is -1.19. The molecule has 1 N–H and O–H groups in total. The molecule has 3 aromatic rings. The number of hydrogen-bond acceptors (Lipinski definition) is 11. The van der Waals surface area contributed by atoms with Crippen molar-refractivity contribution >= 4 is 40.8 Å². The number of aromatic carboxylic acids is 1. The molecule has 2 heterocycles. The standard InChI is InChI=1S/C18H15ClFNO3.C16H17N3O6/c1-3-10(2)24-16-9-15(14(20)8-13(16)19)21-17(22)11-6-4-5-7-12(11)18(21)23;1-9(19-24-4)10-6-5-7-11(14(10)15(20)21)25-16-17-12(22-2)8-13(18-16)23-3/h1,8-10H,4-7H2,2H3;5-8H,1-4H3,(H,20,21). The summed E-state index contributed by atoms with van der Waals surface area (Å²) in [4.78, 5) is 50.4. The number of rotatable bonds is 10. The van der Waals surface area contributed by atoms with Gasteiger partial charge in [0.25, 0.3) is 11.8 Å². The third-order valence-corrected chi connectivity index (χ3v) is 7.60. The molecule has 0 bridgehead atoms. The Morgan fingerprint density at radius 3 is 2.18 bits per heavy atom. The summed E-state index contributed by atoms with van der Waals surface area (Å²) in [5, 5.41) is 13.4. The Kier molecular flexibility index (Phi) is 11.8. The summed E-state index contributed by atoms with van der Waals surface area (Å²) >= 11 is 5.97. The van der Waals surface area contributed by atoms with E-state index in [1.807, 2.05) is 0 Å². The van der Waals surface area contributed by atoms with Gasteiger partial charge in [-0.2, -0.15) is 9.97 Å². The van der Waals surface area contributed by atoms with Crippen molar-refractivity contribution in [2.45, 2.75) is 45.6 Å². The lowest BCUT2D eigenvalue weighted by atomic mass is 9.93. The molecule has 256 valence electrons. The van der Waals surface area contributed by atoms with E-state index in [1.165, 1.54) is 39.5 Å². The molecule has 2 amide bonds. The highest BCUT2D eigenvalue weighted by Gasteiger charge is 2.41. The van der Waals surface area contributed by atoms with Gasteiger partial charge in [0.2, 0.25) is 11.8 Å². The maximum atomic E-state index is 14.4. The van der Waals surface area contributed by atoms with Gasteiger partial charge in [-0.3, -0.25) is 9.59 Å². The number of amides is 2. The van der Waals surface area contributed by atoms with Crippen LogP contribution in [0, 0.1) is 18.2 Å². The molecular formula is C34H32ClFN4O9. The SMILES string of the molecule is C#CC(C)Oc1cc(N2C(=O)C3=C(CCCC3)C2=O)c(F)cc1Cl.CON=C(C)c1cccc(Oc2nc(OC)cc(OC)n2)c1C(=O)O. The van der Waals surface area contributed by atoms with Crippen molar-refractivity contribution in [3.63, 3.8) is 0 Å². The van der Waals surface area contributed by atoms with Gasteiger partial charge >= 0.3 is 12.0 Å². The molecule has 49 heavy (non-hydrogen) atoms. The topological polar surface area (TPSA) is 159 Å². The van der Waals surface area contributed by atoms with E-state index in [1.54, 1.807) is 26.0 Å². The smallest absolute Gasteiger partial charge is 0.340 e. The normalized spacial score (nSPS) is 14.7. The van der Waals surface area contributed by atoms with Crippen LogP contribution in [0.2, 0.25) is 5.02 Å². The van der Waals surface area contributed by atoms with E-state index in [-0.39, 0.29) is 45.5 Å². The zero-order valence-corrected chi connectivity index (χ0v) is 28.0. The fourth-order valence-corrected chi connectivity index (χ4v) is 5.22. The van der Waals surface area contributed by atoms with Crippen LogP contribution in [0.4, 0.5) is 10.1 Å². The number of imide groups is 1. The first-order chi connectivity index (χ1) is 23.4. The van der Waals surface area contributed by atoms with Gasteiger partial charge in [0.1, 0.15) is 30.0 Å². The van der Waals surface area contributed by atoms with E-state index in [4.69, 9.17) is 41.8 Å². The van der Waals surface area contributed by atoms with Crippen LogP contribution in [0.3, 0.4) is 0 Å². The molecule has 13 nitrogen and oxygen atoms in total. The number of aromatic nitrogens is 2. The second kappa shape index (κ2) is 15.9. The van der Waals surface area contributed by atoms with Crippen LogP contribution in [-0.2, 0) is 14.4 Å². The van der Waals surface area contributed by atoms with Gasteiger partial charge in [0.15, 0.2) is 6.10 Å². The van der Waals surface area contributed by atoms with Gasteiger partial charge in [0.05, 0.1) is 36.7 Å². The fourth-order valence-electron chi connectivity index (χ4n) is 5.02. The first-order valence-electron chi connectivity index (χ1n) is 14.8. The summed E-state index contributed by atoms with van der Waals surface area (Å²) in [6, 6.07) is 8.34. The lowest BCUT2D eigenvalue weighted by Crippen LogP contribution is -2.32. The van der Waals surface area contributed by atoms with E-state index in [0.29, 0.717) is 35.3 Å². The molecule has 15 heteroatoms. The number of halogens is 2. The molecule has 0 radical (unpaired) electrons. The number of benzene rings is 2. The molecule has 1 atom stereocenters. The van der Waals surface area contributed by atoms with Gasteiger partial charge in [-0.15, -0.1) is 6.42 Å². The zero-order chi connectivity index (χ0) is 35.8. The maximum Gasteiger partial charge on any atom is 0.340 e. The third-order valence-electron chi connectivity index (χ3n) is 7.31. The Labute approximate surface area is 286 Å². The summed E-state index contributed by atoms with van der Waals surface area (Å²) in [6.45, 7) is 3.26. The minimum Gasteiger partial charge on any atom is -0.481 e. The van der Waals surface area contributed by atoms with Gasteiger partial charge < -0.3 is 28.9 Å². The summed E-state index contributed by atoms with van der Waals surface area (Å²) < 4.78 is 35.5. The van der Waals surface area contributed by atoms with Gasteiger partial charge in [-0.25, -0.2) is 14.1 Å². The van der Waals surface area contributed by atoms with Crippen LogP contribution in [0.25, 0.3) is 0 Å². The Morgan fingerprint density at radius 1 is 1.04 bits per heavy atom. The molecule has 1 unspecified atom stereocenters. The number of oxime groups is 1. The van der Waals surface area contributed by atoms with E-state index in [9.17, 15) is 23.9 Å². The largest absolute Gasteiger partial charge is 0.481 e. The molecule has 1 aliphatic heterocycles. The average molecular weight is 695 g/mol. The minimum absolute atomic E-state index is 0.0233. The number of hydrogen-bond donors (Lipinski definition) is 1. The summed E-state index contributed by atoms with van der Waals surface area (Å²) in [7, 11) is 4.24. The van der Waals surface area contributed by atoms with E-state index in [2.05, 4.69) is 21.0 Å². The number of methoxy groups -OCH3 is 2. The van der Waals surface area contributed by atoms with Crippen LogP contribution in [0.1, 0.15) is 55.5 Å². The Hall–Kier alpha value is -5.68. The maximum absolute atomic E-state index is 14.4. The van der Waals surface area contributed by atoms with Crippen LogP contribution in [0.5, 0.6) is 29.3 Å².